The van der Waals surface area contributed by atoms with Gasteiger partial charge in [0.25, 0.3) is 0 Å². The summed E-state index contributed by atoms with van der Waals surface area (Å²) in [5, 5.41) is 9.20. The third kappa shape index (κ3) is 2.71. The van der Waals surface area contributed by atoms with Gasteiger partial charge in [0.1, 0.15) is 0 Å². The second kappa shape index (κ2) is 5.38. The summed E-state index contributed by atoms with van der Waals surface area (Å²) in [4.78, 5) is 6.19. The molecule has 0 aromatic carbocycles. The molecule has 0 fully saturated rings. The zero-order chi connectivity index (χ0) is 11.3. The summed E-state index contributed by atoms with van der Waals surface area (Å²) in [5.74, 6) is 2.61. The molecule has 0 aliphatic carbocycles. The van der Waals surface area contributed by atoms with Crippen molar-refractivity contribution in [3.05, 3.63) is 23.5 Å². The number of anilines is 1. The maximum Gasteiger partial charge on any atom is 0.0791 e. The fourth-order valence-electron chi connectivity index (χ4n) is 1.47. The van der Waals surface area contributed by atoms with Gasteiger partial charge in [-0.1, -0.05) is 5.92 Å². The Bertz CT molecular complexity index is 368. The van der Waals surface area contributed by atoms with Gasteiger partial charge in [-0.2, -0.15) is 0 Å². The van der Waals surface area contributed by atoms with Crippen LogP contribution in [0, 0.1) is 19.3 Å². The molecule has 0 aliphatic rings. The minimum Gasteiger partial charge on any atom is -0.392 e. The number of aliphatic hydroxyl groups excluding tert-OH is 1. The zero-order valence-corrected chi connectivity index (χ0v) is 9.20. The normalized spacial score (nSPS) is 9.73. The molecule has 0 radical (unpaired) electrons. The highest BCUT2D eigenvalue weighted by atomic mass is 16.3. The van der Waals surface area contributed by atoms with Crippen molar-refractivity contribution in [3.8, 4) is 12.3 Å². The lowest BCUT2D eigenvalue weighted by Crippen LogP contribution is -2.24. The van der Waals surface area contributed by atoms with E-state index >= 15 is 0 Å². The average molecular weight is 204 g/mol. The van der Waals surface area contributed by atoms with Crippen molar-refractivity contribution in [2.24, 2.45) is 0 Å². The van der Waals surface area contributed by atoms with Gasteiger partial charge in [-0.05, 0) is 19.9 Å². The minimum atomic E-state index is -0.0102. The molecular formula is C12H16N2O. The standard InChI is InChI=1S/C12H16N2O/c1-4-6-14(5-2)12-7-10(3)13-8-11(12)9-15/h1,7-8,15H,5-6,9H2,2-3H3. The maximum absolute atomic E-state index is 9.20. The second-order valence-corrected chi connectivity index (χ2v) is 3.33. The smallest absolute Gasteiger partial charge is 0.0791 e. The van der Waals surface area contributed by atoms with E-state index in [1.54, 1.807) is 6.20 Å². The van der Waals surface area contributed by atoms with E-state index in [1.807, 2.05) is 24.8 Å². The number of terminal acetylenes is 1. The van der Waals surface area contributed by atoms with Crippen molar-refractivity contribution in [1.29, 1.82) is 0 Å². The van der Waals surface area contributed by atoms with E-state index in [2.05, 4.69) is 10.9 Å². The number of aryl methyl sites for hydroxylation is 1. The van der Waals surface area contributed by atoms with Gasteiger partial charge < -0.3 is 10.0 Å². The number of aliphatic hydroxyl groups is 1. The van der Waals surface area contributed by atoms with Gasteiger partial charge >= 0.3 is 0 Å². The second-order valence-electron chi connectivity index (χ2n) is 3.33. The summed E-state index contributed by atoms with van der Waals surface area (Å²) in [6.45, 7) is 5.32. The minimum absolute atomic E-state index is 0.0102. The van der Waals surface area contributed by atoms with Crippen LogP contribution in [0.4, 0.5) is 5.69 Å². The molecule has 0 unspecified atom stereocenters. The Morgan fingerprint density at radius 1 is 1.60 bits per heavy atom. The largest absolute Gasteiger partial charge is 0.392 e. The van der Waals surface area contributed by atoms with Crippen LogP contribution in [0.2, 0.25) is 0 Å². The molecule has 1 rings (SSSR count). The van der Waals surface area contributed by atoms with Crippen molar-refractivity contribution < 1.29 is 5.11 Å². The predicted molar refractivity (Wildman–Crippen MR) is 61.6 cm³/mol. The summed E-state index contributed by atoms with van der Waals surface area (Å²) in [6.07, 6.45) is 7.00. The van der Waals surface area contributed by atoms with Crippen molar-refractivity contribution in [3.63, 3.8) is 0 Å². The average Bonchev–Trinajstić information content (AvgIpc) is 2.26. The van der Waals surface area contributed by atoms with Crippen LogP contribution in [-0.2, 0) is 6.61 Å². The number of hydrogen-bond acceptors (Lipinski definition) is 3. The maximum atomic E-state index is 9.20. The molecule has 1 heterocycles. The number of pyridine rings is 1. The molecule has 0 spiro atoms. The summed E-state index contributed by atoms with van der Waals surface area (Å²) in [5.41, 5.74) is 2.72. The number of rotatable bonds is 4. The SMILES string of the molecule is C#CCN(CC)c1cc(C)ncc1CO. The lowest BCUT2D eigenvalue weighted by atomic mass is 10.2. The van der Waals surface area contributed by atoms with E-state index in [4.69, 9.17) is 6.42 Å². The highest BCUT2D eigenvalue weighted by molar-refractivity contribution is 5.54. The third-order valence-corrected chi connectivity index (χ3v) is 2.27. The Morgan fingerprint density at radius 2 is 2.33 bits per heavy atom. The van der Waals surface area contributed by atoms with Gasteiger partial charge in [0.05, 0.1) is 13.2 Å². The van der Waals surface area contributed by atoms with Gasteiger partial charge in [0.2, 0.25) is 0 Å². The fraction of sp³-hybridized carbons (Fsp3) is 0.417. The van der Waals surface area contributed by atoms with Gasteiger partial charge in [-0.15, -0.1) is 6.42 Å². The molecule has 0 bridgehead atoms. The van der Waals surface area contributed by atoms with E-state index in [0.717, 1.165) is 23.5 Å². The van der Waals surface area contributed by atoms with Crippen LogP contribution >= 0.6 is 0 Å². The molecule has 1 aromatic rings. The van der Waals surface area contributed by atoms with E-state index in [0.29, 0.717) is 6.54 Å². The van der Waals surface area contributed by atoms with Crippen LogP contribution in [0.3, 0.4) is 0 Å². The molecule has 3 heteroatoms. The number of aromatic nitrogens is 1. The first-order valence-corrected chi connectivity index (χ1v) is 4.97. The van der Waals surface area contributed by atoms with E-state index < -0.39 is 0 Å². The summed E-state index contributed by atoms with van der Waals surface area (Å²) in [7, 11) is 0. The molecule has 0 atom stereocenters. The molecule has 1 aromatic heterocycles. The molecule has 15 heavy (non-hydrogen) atoms. The molecule has 0 saturated heterocycles. The van der Waals surface area contributed by atoms with Crippen LogP contribution in [0.1, 0.15) is 18.2 Å². The predicted octanol–water partition coefficient (Wildman–Crippen LogP) is 1.34. The van der Waals surface area contributed by atoms with Crippen molar-refractivity contribution in [1.82, 2.24) is 4.98 Å². The molecular weight excluding hydrogens is 188 g/mol. The first-order valence-electron chi connectivity index (χ1n) is 4.97. The van der Waals surface area contributed by atoms with Crippen LogP contribution < -0.4 is 4.90 Å². The highest BCUT2D eigenvalue weighted by Crippen LogP contribution is 2.20. The Balaban J connectivity index is 3.09. The summed E-state index contributed by atoms with van der Waals surface area (Å²) < 4.78 is 0. The number of hydrogen-bond donors (Lipinski definition) is 1. The van der Waals surface area contributed by atoms with Crippen molar-refractivity contribution >= 4 is 5.69 Å². The molecule has 1 N–H and O–H groups in total. The van der Waals surface area contributed by atoms with E-state index in [-0.39, 0.29) is 6.61 Å². The lowest BCUT2D eigenvalue weighted by molar-refractivity contribution is 0.281. The Morgan fingerprint density at radius 3 is 2.87 bits per heavy atom. The summed E-state index contributed by atoms with van der Waals surface area (Å²) in [6, 6.07) is 1.95. The van der Waals surface area contributed by atoms with E-state index in [1.165, 1.54) is 0 Å². The Kier molecular flexibility index (Phi) is 4.14. The van der Waals surface area contributed by atoms with Crippen LogP contribution in [0.5, 0.6) is 0 Å². The van der Waals surface area contributed by atoms with Crippen molar-refractivity contribution in [2.75, 3.05) is 18.0 Å². The molecule has 0 amide bonds. The van der Waals surface area contributed by atoms with Gasteiger partial charge in [-0.25, -0.2) is 0 Å². The Hall–Kier alpha value is -1.53. The first kappa shape index (κ1) is 11.5. The van der Waals surface area contributed by atoms with Crippen LogP contribution in [0.15, 0.2) is 12.3 Å². The van der Waals surface area contributed by atoms with Crippen molar-refractivity contribution in [2.45, 2.75) is 20.5 Å². The monoisotopic (exact) mass is 204 g/mol. The third-order valence-electron chi connectivity index (χ3n) is 2.27. The van der Waals surface area contributed by atoms with Crippen LogP contribution in [-0.4, -0.2) is 23.2 Å². The topological polar surface area (TPSA) is 36.4 Å². The summed E-state index contributed by atoms with van der Waals surface area (Å²) >= 11 is 0. The number of nitrogens with zero attached hydrogens (tertiary/aromatic N) is 2. The highest BCUT2D eigenvalue weighted by Gasteiger charge is 2.08. The zero-order valence-electron chi connectivity index (χ0n) is 9.20. The van der Waals surface area contributed by atoms with E-state index in [9.17, 15) is 5.11 Å². The molecule has 3 nitrogen and oxygen atoms in total. The first-order chi connectivity index (χ1) is 7.22. The van der Waals surface area contributed by atoms with Crippen LogP contribution in [0.25, 0.3) is 0 Å². The quantitative estimate of drug-likeness (QED) is 0.752. The molecule has 0 saturated carbocycles. The molecule has 80 valence electrons. The van der Waals surface area contributed by atoms with Gasteiger partial charge in [0.15, 0.2) is 0 Å². The lowest BCUT2D eigenvalue weighted by Gasteiger charge is -2.23. The van der Waals surface area contributed by atoms with Gasteiger partial charge in [-0.3, -0.25) is 4.98 Å². The Labute approximate surface area is 90.8 Å². The fourth-order valence-corrected chi connectivity index (χ4v) is 1.47. The van der Waals surface area contributed by atoms with Gasteiger partial charge in [0, 0.05) is 29.7 Å². The molecule has 0 aliphatic heterocycles.